The molecule has 1 aromatic heterocycles. The molecule has 0 fully saturated rings. The smallest absolute Gasteiger partial charge is 0.244 e. The highest BCUT2D eigenvalue weighted by Crippen LogP contribution is 2.23. The first kappa shape index (κ1) is 18.4. The van der Waals surface area contributed by atoms with Crippen LogP contribution in [0.15, 0.2) is 27.6 Å². The van der Waals surface area contributed by atoms with Gasteiger partial charge in [0, 0.05) is 7.11 Å². The number of ether oxygens (including phenoxy) is 2. The van der Waals surface area contributed by atoms with E-state index < -0.39 is 16.1 Å². The van der Waals surface area contributed by atoms with Gasteiger partial charge < -0.3 is 14.0 Å². The third-order valence-electron chi connectivity index (χ3n) is 3.25. The van der Waals surface area contributed by atoms with Gasteiger partial charge in [0.2, 0.25) is 15.9 Å². The highest BCUT2D eigenvalue weighted by molar-refractivity contribution is 7.89. The van der Waals surface area contributed by atoms with Crippen molar-refractivity contribution in [3.8, 4) is 5.75 Å². The number of benzene rings is 1. The summed E-state index contributed by atoms with van der Waals surface area (Å²) in [5, 5.41) is 3.65. The molecular formula is C15H21N3O5S. The highest BCUT2D eigenvalue weighted by atomic mass is 32.2. The van der Waals surface area contributed by atoms with Crippen LogP contribution in [0.2, 0.25) is 0 Å². The average Bonchev–Trinajstić information content (AvgIpc) is 2.95. The summed E-state index contributed by atoms with van der Waals surface area (Å²) in [7, 11) is -2.13. The van der Waals surface area contributed by atoms with Crippen molar-refractivity contribution in [3.05, 3.63) is 35.5 Å². The van der Waals surface area contributed by atoms with Crippen LogP contribution in [-0.2, 0) is 14.8 Å². The number of nitrogens with zero attached hydrogens (tertiary/aromatic N) is 2. The first-order chi connectivity index (χ1) is 11.3. The summed E-state index contributed by atoms with van der Waals surface area (Å²) in [5.41, 5.74) is 0.718. The maximum absolute atomic E-state index is 12.5. The maximum Gasteiger partial charge on any atom is 0.244 e. The van der Waals surface area contributed by atoms with E-state index in [0.29, 0.717) is 24.8 Å². The molecule has 1 unspecified atom stereocenters. The fourth-order valence-electron chi connectivity index (χ4n) is 2.03. The summed E-state index contributed by atoms with van der Waals surface area (Å²) < 4.78 is 42.9. The van der Waals surface area contributed by atoms with Crippen LogP contribution in [0.1, 0.15) is 30.2 Å². The molecule has 0 radical (unpaired) electrons. The van der Waals surface area contributed by atoms with Crippen LogP contribution in [0.5, 0.6) is 5.75 Å². The van der Waals surface area contributed by atoms with E-state index in [2.05, 4.69) is 14.9 Å². The third-order valence-corrected chi connectivity index (χ3v) is 4.79. The molecule has 0 aliphatic carbocycles. The normalized spacial score (nSPS) is 13.0. The predicted molar refractivity (Wildman–Crippen MR) is 86.3 cm³/mol. The number of aryl methyl sites for hydroxylation is 2. The van der Waals surface area contributed by atoms with Crippen LogP contribution >= 0.6 is 0 Å². The van der Waals surface area contributed by atoms with Gasteiger partial charge in [0.05, 0.1) is 17.5 Å². The first-order valence-electron chi connectivity index (χ1n) is 7.38. The van der Waals surface area contributed by atoms with E-state index in [1.165, 1.54) is 6.07 Å². The maximum atomic E-state index is 12.5. The molecule has 0 aliphatic rings. The topological polar surface area (TPSA) is 104 Å². The number of nitrogens with one attached hydrogen (secondary N) is 1. The van der Waals surface area contributed by atoms with Gasteiger partial charge in [0.25, 0.3) is 0 Å². The van der Waals surface area contributed by atoms with E-state index in [4.69, 9.17) is 14.0 Å². The Morgan fingerprint density at radius 3 is 2.62 bits per heavy atom. The van der Waals surface area contributed by atoms with Gasteiger partial charge in [-0.3, -0.25) is 0 Å². The molecule has 0 amide bonds. The Balaban J connectivity index is 2.12. The molecule has 2 aromatic rings. The minimum Gasteiger partial charge on any atom is -0.491 e. The van der Waals surface area contributed by atoms with Crippen LogP contribution in [0.25, 0.3) is 0 Å². The van der Waals surface area contributed by atoms with Gasteiger partial charge in [-0.05, 0) is 44.5 Å². The van der Waals surface area contributed by atoms with Crippen molar-refractivity contribution in [3.63, 3.8) is 0 Å². The molecule has 0 saturated heterocycles. The molecule has 0 saturated carbocycles. The monoisotopic (exact) mass is 355 g/mol. The number of hydrogen-bond donors (Lipinski definition) is 1. The van der Waals surface area contributed by atoms with Gasteiger partial charge in [0.1, 0.15) is 12.4 Å². The Kier molecular flexibility index (Phi) is 5.92. The SMILES string of the molecule is COCCOc1ccc(S(=O)(=O)NC(C)c2nc(C)no2)cc1C. The van der Waals surface area contributed by atoms with Gasteiger partial charge in [-0.1, -0.05) is 5.16 Å². The predicted octanol–water partition coefficient (Wildman–Crippen LogP) is 1.75. The van der Waals surface area contributed by atoms with E-state index >= 15 is 0 Å². The fourth-order valence-corrected chi connectivity index (χ4v) is 3.31. The van der Waals surface area contributed by atoms with Crippen LogP contribution in [0, 0.1) is 13.8 Å². The fraction of sp³-hybridized carbons (Fsp3) is 0.467. The number of sulfonamides is 1. The highest BCUT2D eigenvalue weighted by Gasteiger charge is 2.22. The molecule has 1 heterocycles. The minimum atomic E-state index is -3.72. The molecule has 8 nitrogen and oxygen atoms in total. The zero-order valence-electron chi connectivity index (χ0n) is 14.1. The lowest BCUT2D eigenvalue weighted by atomic mass is 10.2. The summed E-state index contributed by atoms with van der Waals surface area (Å²) in [6, 6.07) is 4.04. The van der Waals surface area contributed by atoms with Gasteiger partial charge in [-0.2, -0.15) is 9.71 Å². The summed E-state index contributed by atoms with van der Waals surface area (Å²) in [5.74, 6) is 1.28. The van der Waals surface area contributed by atoms with Gasteiger partial charge in [0.15, 0.2) is 5.82 Å². The first-order valence-corrected chi connectivity index (χ1v) is 8.86. The van der Waals surface area contributed by atoms with Crippen molar-refractivity contribution in [2.75, 3.05) is 20.3 Å². The number of methoxy groups -OCH3 is 1. The minimum absolute atomic E-state index is 0.141. The lowest BCUT2D eigenvalue weighted by molar-refractivity contribution is 0.146. The molecule has 0 spiro atoms. The van der Waals surface area contributed by atoms with Crippen molar-refractivity contribution in [2.45, 2.75) is 31.7 Å². The van der Waals surface area contributed by atoms with Gasteiger partial charge in [-0.15, -0.1) is 0 Å². The standard InChI is InChI=1S/C15H21N3O5S/c1-10-9-13(5-6-14(10)22-8-7-21-4)24(19,20)18-11(2)15-16-12(3)17-23-15/h5-6,9,11,18H,7-8H2,1-4H3. The Hall–Kier alpha value is -1.97. The molecule has 132 valence electrons. The van der Waals surface area contributed by atoms with Crippen molar-refractivity contribution >= 4 is 10.0 Å². The summed E-state index contributed by atoms with van der Waals surface area (Å²) in [6.45, 7) is 5.95. The van der Waals surface area contributed by atoms with Gasteiger partial charge in [-0.25, -0.2) is 8.42 Å². The number of hydrogen-bond acceptors (Lipinski definition) is 7. The molecule has 1 atom stereocenters. The Bertz CT molecular complexity index is 788. The lowest BCUT2D eigenvalue weighted by Crippen LogP contribution is -2.27. The quantitative estimate of drug-likeness (QED) is 0.719. The largest absolute Gasteiger partial charge is 0.491 e. The molecule has 1 aromatic carbocycles. The van der Waals surface area contributed by atoms with Crippen molar-refractivity contribution in [2.24, 2.45) is 0 Å². The second kappa shape index (κ2) is 7.73. The van der Waals surface area contributed by atoms with E-state index in [9.17, 15) is 8.42 Å². The molecule has 1 N–H and O–H groups in total. The zero-order chi connectivity index (χ0) is 17.7. The van der Waals surface area contributed by atoms with E-state index in [1.807, 2.05) is 0 Å². The molecule has 2 rings (SSSR count). The second-order valence-corrected chi connectivity index (χ2v) is 7.01. The van der Waals surface area contributed by atoms with Crippen molar-refractivity contribution in [1.82, 2.24) is 14.9 Å². The van der Waals surface area contributed by atoms with Gasteiger partial charge >= 0.3 is 0 Å². The molecule has 0 bridgehead atoms. The average molecular weight is 355 g/mol. The summed E-state index contributed by atoms with van der Waals surface area (Å²) in [4.78, 5) is 4.17. The summed E-state index contributed by atoms with van der Waals surface area (Å²) in [6.07, 6.45) is 0. The number of rotatable bonds is 8. The zero-order valence-corrected chi connectivity index (χ0v) is 14.9. The van der Waals surface area contributed by atoms with Crippen molar-refractivity contribution < 1.29 is 22.4 Å². The number of aromatic nitrogens is 2. The molecule has 0 aliphatic heterocycles. The molecule has 24 heavy (non-hydrogen) atoms. The Labute approximate surface area is 141 Å². The van der Waals surface area contributed by atoms with Crippen LogP contribution in [-0.4, -0.2) is 38.9 Å². The van der Waals surface area contributed by atoms with E-state index in [1.54, 1.807) is 40.0 Å². The molecular weight excluding hydrogens is 334 g/mol. The van der Waals surface area contributed by atoms with E-state index in [-0.39, 0.29) is 10.8 Å². The van der Waals surface area contributed by atoms with Crippen molar-refractivity contribution in [1.29, 1.82) is 0 Å². The Morgan fingerprint density at radius 2 is 2.04 bits per heavy atom. The second-order valence-electron chi connectivity index (χ2n) is 5.29. The summed E-state index contributed by atoms with van der Waals surface area (Å²) >= 11 is 0. The Morgan fingerprint density at radius 1 is 1.29 bits per heavy atom. The van der Waals surface area contributed by atoms with E-state index in [0.717, 1.165) is 5.56 Å². The van der Waals surface area contributed by atoms with Crippen LogP contribution in [0.3, 0.4) is 0 Å². The third kappa shape index (κ3) is 4.53. The van der Waals surface area contributed by atoms with Crippen LogP contribution < -0.4 is 9.46 Å². The molecule has 9 heteroatoms. The van der Waals surface area contributed by atoms with Crippen LogP contribution in [0.4, 0.5) is 0 Å². The lowest BCUT2D eigenvalue weighted by Gasteiger charge is -2.13.